The fourth-order valence-corrected chi connectivity index (χ4v) is 3.76. The molecule has 4 aromatic carbocycles. The molecule has 0 aliphatic carbocycles. The zero-order valence-corrected chi connectivity index (χ0v) is 16.9. The lowest BCUT2D eigenvalue weighted by Crippen LogP contribution is -1.82. The smallest absolute Gasteiger partial charge is 0.00972 e. The van der Waals surface area contributed by atoms with Gasteiger partial charge in [0.05, 0.1) is 0 Å². The molecule has 0 saturated carbocycles. The van der Waals surface area contributed by atoms with Crippen LogP contribution in [0.25, 0.3) is 21.5 Å². The predicted molar refractivity (Wildman–Crippen MR) is 127 cm³/mol. The van der Waals surface area contributed by atoms with Gasteiger partial charge < -0.3 is 0 Å². The van der Waals surface area contributed by atoms with Crippen molar-refractivity contribution in [1.29, 1.82) is 0 Å². The van der Waals surface area contributed by atoms with Gasteiger partial charge in [0.1, 0.15) is 0 Å². The van der Waals surface area contributed by atoms with E-state index in [0.717, 1.165) is 25.7 Å². The highest BCUT2D eigenvalue weighted by molar-refractivity contribution is 5.83. The molecule has 0 aliphatic rings. The van der Waals surface area contributed by atoms with Crippen LogP contribution in [0.1, 0.15) is 30.4 Å². The van der Waals surface area contributed by atoms with Gasteiger partial charge in [-0.15, -0.1) is 0 Å². The Balaban J connectivity index is 1.17. The molecule has 0 spiro atoms. The summed E-state index contributed by atoms with van der Waals surface area (Å²) in [6.07, 6.45) is 14.8. The van der Waals surface area contributed by atoms with Crippen LogP contribution in [0.4, 0.5) is 0 Å². The first-order valence-corrected chi connectivity index (χ1v) is 10.6. The number of rotatable bonds is 8. The third-order valence-corrected chi connectivity index (χ3v) is 5.41. The number of unbranched alkanes of at least 4 members (excludes halogenated alkanes) is 2. The van der Waals surface area contributed by atoms with Crippen LogP contribution in [0.3, 0.4) is 0 Å². The molecule has 0 unspecified atom stereocenters. The van der Waals surface area contributed by atoms with Crippen molar-refractivity contribution >= 4 is 21.5 Å². The number of fused-ring (bicyclic) bond motifs is 2. The van der Waals surface area contributed by atoms with Crippen molar-refractivity contribution in [3.05, 3.63) is 120 Å². The summed E-state index contributed by atoms with van der Waals surface area (Å²) in [5, 5.41) is 5.29. The van der Waals surface area contributed by atoms with Crippen molar-refractivity contribution < 1.29 is 0 Å². The molecular formula is C29H28. The Labute approximate surface area is 174 Å². The molecule has 0 radical (unpaired) electrons. The summed E-state index contributed by atoms with van der Waals surface area (Å²) < 4.78 is 0. The first-order chi connectivity index (χ1) is 14.4. The second-order valence-electron chi connectivity index (χ2n) is 7.64. The van der Waals surface area contributed by atoms with Crippen LogP contribution in [-0.4, -0.2) is 0 Å². The monoisotopic (exact) mass is 376 g/mol. The van der Waals surface area contributed by atoms with Crippen LogP contribution >= 0.6 is 0 Å². The summed E-state index contributed by atoms with van der Waals surface area (Å²) in [6.45, 7) is 0. The Morgan fingerprint density at radius 1 is 0.448 bits per heavy atom. The third-order valence-electron chi connectivity index (χ3n) is 5.41. The van der Waals surface area contributed by atoms with Crippen LogP contribution in [-0.2, 0) is 12.8 Å². The van der Waals surface area contributed by atoms with Gasteiger partial charge in [-0.3, -0.25) is 0 Å². The van der Waals surface area contributed by atoms with E-state index in [9.17, 15) is 0 Å². The molecular weight excluding hydrogens is 348 g/mol. The van der Waals surface area contributed by atoms with Gasteiger partial charge in [-0.25, -0.2) is 0 Å². The molecule has 0 N–H and O–H groups in total. The molecule has 29 heavy (non-hydrogen) atoms. The molecule has 0 aliphatic heterocycles. The minimum absolute atomic E-state index is 1.02. The largest absolute Gasteiger partial charge is 0.0882 e. The zero-order valence-electron chi connectivity index (χ0n) is 16.9. The minimum atomic E-state index is 1.02. The maximum Gasteiger partial charge on any atom is -0.00972 e. The molecule has 0 nitrogen and oxygen atoms in total. The second-order valence-corrected chi connectivity index (χ2v) is 7.64. The van der Waals surface area contributed by atoms with Crippen molar-refractivity contribution in [2.45, 2.75) is 32.1 Å². The van der Waals surface area contributed by atoms with E-state index in [-0.39, 0.29) is 0 Å². The van der Waals surface area contributed by atoms with Crippen LogP contribution in [0.15, 0.2) is 109 Å². The summed E-state index contributed by atoms with van der Waals surface area (Å²) >= 11 is 0. The van der Waals surface area contributed by atoms with E-state index < -0.39 is 0 Å². The van der Waals surface area contributed by atoms with Gasteiger partial charge in [-0.1, -0.05) is 109 Å². The summed E-state index contributed by atoms with van der Waals surface area (Å²) in [7, 11) is 0. The van der Waals surface area contributed by atoms with Crippen molar-refractivity contribution in [3.63, 3.8) is 0 Å². The molecule has 0 bridgehead atoms. The van der Waals surface area contributed by atoms with Gasteiger partial charge in [0.2, 0.25) is 0 Å². The Morgan fingerprint density at radius 2 is 0.897 bits per heavy atom. The standard InChI is InChI=1S/C29H28/c1(2-4-6-12-24-18-20-26-14-8-10-16-28(26)22-24)3-5-7-13-25-19-21-27-15-9-11-17-29(27)23-25/h4-11,14-23H,1-3,12-13H2/b6-4+,7-5+. The third kappa shape index (κ3) is 5.45. The van der Waals surface area contributed by atoms with Crippen LogP contribution < -0.4 is 0 Å². The van der Waals surface area contributed by atoms with E-state index in [1.54, 1.807) is 0 Å². The number of benzene rings is 4. The number of hydrogen-bond donors (Lipinski definition) is 0. The van der Waals surface area contributed by atoms with E-state index in [0.29, 0.717) is 0 Å². The molecule has 0 heterocycles. The maximum atomic E-state index is 2.33. The molecule has 0 saturated heterocycles. The average Bonchev–Trinajstić information content (AvgIpc) is 2.77. The van der Waals surface area contributed by atoms with Gasteiger partial charge in [-0.05, 0) is 64.8 Å². The lowest BCUT2D eigenvalue weighted by Gasteiger charge is -2.01. The van der Waals surface area contributed by atoms with Crippen molar-refractivity contribution in [2.24, 2.45) is 0 Å². The van der Waals surface area contributed by atoms with Crippen LogP contribution in [0.2, 0.25) is 0 Å². The van der Waals surface area contributed by atoms with E-state index in [1.165, 1.54) is 39.1 Å². The van der Waals surface area contributed by atoms with Gasteiger partial charge in [0.25, 0.3) is 0 Å². The average molecular weight is 377 g/mol. The number of hydrogen-bond acceptors (Lipinski definition) is 0. The number of allylic oxidation sites excluding steroid dienone is 4. The predicted octanol–water partition coefficient (Wildman–Crippen LogP) is 8.06. The Hall–Kier alpha value is -3.12. The minimum Gasteiger partial charge on any atom is -0.0882 e. The highest BCUT2D eigenvalue weighted by atomic mass is 14.0. The maximum absolute atomic E-state index is 2.33. The zero-order chi connectivity index (χ0) is 19.7. The molecule has 0 heteroatoms. The first-order valence-electron chi connectivity index (χ1n) is 10.6. The molecule has 0 fully saturated rings. The van der Waals surface area contributed by atoms with Gasteiger partial charge in [-0.2, -0.15) is 0 Å². The lowest BCUT2D eigenvalue weighted by molar-refractivity contribution is 0.863. The van der Waals surface area contributed by atoms with Crippen LogP contribution in [0, 0.1) is 0 Å². The molecule has 0 atom stereocenters. The molecule has 0 amide bonds. The fourth-order valence-electron chi connectivity index (χ4n) is 3.76. The highest BCUT2D eigenvalue weighted by Crippen LogP contribution is 2.17. The van der Waals surface area contributed by atoms with Crippen molar-refractivity contribution in [3.8, 4) is 0 Å². The molecule has 144 valence electrons. The summed E-state index contributed by atoms with van der Waals surface area (Å²) in [5.74, 6) is 0. The van der Waals surface area contributed by atoms with E-state index >= 15 is 0 Å². The molecule has 4 aromatic rings. The second kappa shape index (κ2) is 9.89. The Kier molecular flexibility index (Phi) is 6.55. The first kappa shape index (κ1) is 19.2. The molecule has 0 aromatic heterocycles. The Bertz CT molecular complexity index is 1040. The highest BCUT2D eigenvalue weighted by Gasteiger charge is 1.95. The molecule has 4 rings (SSSR count). The van der Waals surface area contributed by atoms with Crippen LogP contribution in [0.5, 0.6) is 0 Å². The Morgan fingerprint density at radius 3 is 1.38 bits per heavy atom. The van der Waals surface area contributed by atoms with Crippen molar-refractivity contribution in [2.75, 3.05) is 0 Å². The van der Waals surface area contributed by atoms with Gasteiger partial charge in [0, 0.05) is 0 Å². The SMILES string of the molecule is C(=C\Cc1ccc2ccccc2c1)/CCC/C=C/Cc1ccc2ccccc2c1. The van der Waals surface area contributed by atoms with E-state index in [2.05, 4.69) is 109 Å². The topological polar surface area (TPSA) is 0 Å². The summed E-state index contributed by atoms with van der Waals surface area (Å²) in [6, 6.07) is 30.6. The summed E-state index contributed by atoms with van der Waals surface area (Å²) in [4.78, 5) is 0. The lowest BCUT2D eigenvalue weighted by atomic mass is 10.0. The fraction of sp³-hybridized carbons (Fsp3) is 0.172. The van der Waals surface area contributed by atoms with Gasteiger partial charge in [0.15, 0.2) is 0 Å². The van der Waals surface area contributed by atoms with Crippen molar-refractivity contribution in [1.82, 2.24) is 0 Å². The van der Waals surface area contributed by atoms with E-state index in [4.69, 9.17) is 0 Å². The van der Waals surface area contributed by atoms with E-state index in [1.807, 2.05) is 0 Å². The van der Waals surface area contributed by atoms with Gasteiger partial charge >= 0.3 is 0 Å². The normalized spacial score (nSPS) is 11.9. The summed E-state index contributed by atoms with van der Waals surface area (Å²) in [5.41, 5.74) is 2.77. The quantitative estimate of drug-likeness (QED) is 0.215.